The summed E-state index contributed by atoms with van der Waals surface area (Å²) in [7, 11) is 0. The number of ether oxygens (including phenoxy) is 4. The van der Waals surface area contributed by atoms with Crippen LogP contribution in [-0.4, -0.2) is 35.8 Å². The van der Waals surface area contributed by atoms with Gasteiger partial charge >= 0.3 is 0 Å². The molecule has 4 aliphatic rings. The van der Waals surface area contributed by atoms with Crippen molar-refractivity contribution in [1.82, 2.24) is 4.90 Å². The number of hydrogen-bond acceptors (Lipinski definition) is 6. The molecule has 8 nitrogen and oxygen atoms in total. The van der Waals surface area contributed by atoms with Crippen LogP contribution in [-0.2, 0) is 9.59 Å². The Morgan fingerprint density at radius 2 is 1.53 bits per heavy atom. The van der Waals surface area contributed by atoms with E-state index in [0.717, 1.165) is 24.8 Å². The van der Waals surface area contributed by atoms with Gasteiger partial charge in [-0.1, -0.05) is 25.3 Å². The molecule has 1 aliphatic carbocycles. The van der Waals surface area contributed by atoms with Gasteiger partial charge in [0.25, 0.3) is 0 Å². The van der Waals surface area contributed by atoms with Gasteiger partial charge in [0.15, 0.2) is 23.0 Å². The maximum atomic E-state index is 13.7. The first-order chi connectivity index (χ1) is 15.6. The Labute approximate surface area is 185 Å². The Bertz CT molecular complexity index is 1090. The van der Waals surface area contributed by atoms with E-state index in [9.17, 15) is 9.59 Å². The zero-order chi connectivity index (χ0) is 21.7. The number of amides is 2. The molecule has 1 saturated carbocycles. The zero-order valence-corrected chi connectivity index (χ0v) is 17.6. The first-order valence-corrected chi connectivity index (χ1v) is 11.1. The lowest BCUT2D eigenvalue weighted by molar-refractivity contribution is -0.166. The van der Waals surface area contributed by atoms with E-state index in [4.69, 9.17) is 18.9 Å². The summed E-state index contributed by atoms with van der Waals surface area (Å²) in [6, 6.07) is 11.0. The van der Waals surface area contributed by atoms with Crippen molar-refractivity contribution in [2.24, 2.45) is 0 Å². The molecule has 0 radical (unpaired) electrons. The lowest BCUT2D eigenvalue weighted by Gasteiger charge is -2.54. The van der Waals surface area contributed by atoms with Gasteiger partial charge in [-0.15, -0.1) is 0 Å². The minimum atomic E-state index is -0.870. The van der Waals surface area contributed by atoms with Crippen LogP contribution in [0.3, 0.4) is 0 Å². The van der Waals surface area contributed by atoms with Crippen molar-refractivity contribution in [3.63, 3.8) is 0 Å². The van der Waals surface area contributed by atoms with Crippen LogP contribution in [0.2, 0.25) is 0 Å². The lowest BCUT2D eigenvalue weighted by atomic mass is 9.74. The molecule has 2 fully saturated rings. The van der Waals surface area contributed by atoms with E-state index in [1.54, 1.807) is 18.2 Å². The third-order valence-corrected chi connectivity index (χ3v) is 6.92. The smallest absolute Gasteiger partial charge is 0.250 e. The van der Waals surface area contributed by atoms with E-state index in [0.29, 0.717) is 47.9 Å². The van der Waals surface area contributed by atoms with Crippen LogP contribution in [0.25, 0.3) is 0 Å². The fourth-order valence-electron chi connectivity index (χ4n) is 5.28. The monoisotopic (exact) mass is 436 g/mol. The number of β-lactam (4-membered cyclic amide) rings is 1. The molecule has 2 aromatic rings. The first kappa shape index (κ1) is 19.3. The summed E-state index contributed by atoms with van der Waals surface area (Å²) >= 11 is 0. The van der Waals surface area contributed by atoms with Crippen molar-refractivity contribution >= 4 is 17.5 Å². The summed E-state index contributed by atoms with van der Waals surface area (Å²) < 4.78 is 21.7. The fraction of sp³-hybridized carbons (Fsp3) is 0.417. The van der Waals surface area contributed by atoms with E-state index in [1.807, 2.05) is 23.1 Å². The Morgan fingerprint density at radius 3 is 2.25 bits per heavy atom. The average Bonchev–Trinajstić information content (AvgIpc) is 3.46. The van der Waals surface area contributed by atoms with E-state index >= 15 is 0 Å². The van der Waals surface area contributed by atoms with Crippen LogP contribution in [0.15, 0.2) is 36.4 Å². The maximum Gasteiger partial charge on any atom is 0.250 e. The number of anilines is 1. The van der Waals surface area contributed by atoms with Gasteiger partial charge in [-0.3, -0.25) is 9.59 Å². The van der Waals surface area contributed by atoms with Crippen molar-refractivity contribution in [2.45, 2.75) is 50.1 Å². The van der Waals surface area contributed by atoms with Crippen molar-refractivity contribution in [2.75, 3.05) is 18.9 Å². The maximum absolute atomic E-state index is 13.7. The predicted octanol–water partition coefficient (Wildman–Crippen LogP) is 3.76. The molecule has 2 amide bonds. The number of hydrogen-bond donors (Lipinski definition) is 1. The highest BCUT2D eigenvalue weighted by atomic mass is 16.7. The zero-order valence-electron chi connectivity index (χ0n) is 17.6. The third kappa shape index (κ3) is 2.97. The van der Waals surface area contributed by atoms with Crippen LogP contribution in [0.4, 0.5) is 5.69 Å². The molecule has 166 valence electrons. The van der Waals surface area contributed by atoms with Crippen LogP contribution < -0.4 is 24.3 Å². The molecule has 1 N–H and O–H groups in total. The van der Waals surface area contributed by atoms with Crippen molar-refractivity contribution < 1.29 is 28.5 Å². The largest absolute Gasteiger partial charge is 0.454 e. The van der Waals surface area contributed by atoms with Gasteiger partial charge in [-0.25, -0.2) is 0 Å². The van der Waals surface area contributed by atoms with Crippen molar-refractivity contribution in [3.05, 3.63) is 42.0 Å². The second kappa shape index (κ2) is 7.32. The molecular formula is C24H24N2O6. The number of nitrogens with one attached hydrogen (secondary N) is 1. The van der Waals surface area contributed by atoms with Gasteiger partial charge in [0, 0.05) is 11.8 Å². The Kier molecular flexibility index (Phi) is 4.41. The first-order valence-electron chi connectivity index (χ1n) is 11.1. The Morgan fingerprint density at radius 1 is 0.875 bits per heavy atom. The Hall–Kier alpha value is -3.42. The van der Waals surface area contributed by atoms with E-state index in [2.05, 4.69) is 5.32 Å². The second-order valence-electron chi connectivity index (χ2n) is 8.71. The fourth-order valence-corrected chi connectivity index (χ4v) is 5.28. The number of carbonyl (C=O) groups is 2. The Balaban J connectivity index is 1.30. The average molecular weight is 436 g/mol. The molecule has 32 heavy (non-hydrogen) atoms. The van der Waals surface area contributed by atoms with Crippen molar-refractivity contribution in [3.8, 4) is 23.0 Å². The summed E-state index contributed by atoms with van der Waals surface area (Å²) in [4.78, 5) is 28.4. The van der Waals surface area contributed by atoms with E-state index in [1.165, 1.54) is 0 Å². The second-order valence-corrected chi connectivity index (χ2v) is 8.71. The standard InChI is InChI=1S/C24H24N2O6/c27-22-12-17(15-4-6-18-20(10-15)31-13-29-18)26(22)24(8-2-1-3-9-24)23(28)25-16-5-7-19-21(11-16)32-14-30-19/h4-7,10-11,17H,1-3,8-9,12-14H2,(H,25,28). The number of benzene rings is 2. The van der Waals surface area contributed by atoms with E-state index in [-0.39, 0.29) is 31.4 Å². The number of fused-ring (bicyclic) bond motifs is 2. The van der Waals surface area contributed by atoms with Gasteiger partial charge < -0.3 is 29.2 Å². The third-order valence-electron chi connectivity index (χ3n) is 6.92. The van der Waals surface area contributed by atoms with Crippen LogP contribution in [0.5, 0.6) is 23.0 Å². The van der Waals surface area contributed by atoms with E-state index < -0.39 is 5.54 Å². The summed E-state index contributed by atoms with van der Waals surface area (Å²) in [5.41, 5.74) is 0.733. The summed E-state index contributed by atoms with van der Waals surface area (Å²) in [6.45, 7) is 0.379. The molecule has 1 atom stereocenters. The van der Waals surface area contributed by atoms with Crippen molar-refractivity contribution in [1.29, 1.82) is 0 Å². The highest BCUT2D eigenvalue weighted by Crippen LogP contribution is 2.48. The molecule has 1 unspecified atom stereocenters. The summed E-state index contributed by atoms with van der Waals surface area (Å²) in [5.74, 6) is 2.53. The molecule has 3 aliphatic heterocycles. The van der Waals surface area contributed by atoms with Gasteiger partial charge in [0.05, 0.1) is 12.5 Å². The van der Waals surface area contributed by atoms with Crippen LogP contribution in [0, 0.1) is 0 Å². The molecule has 1 saturated heterocycles. The minimum Gasteiger partial charge on any atom is -0.454 e. The van der Waals surface area contributed by atoms with Crippen LogP contribution in [0.1, 0.15) is 50.1 Å². The highest BCUT2D eigenvalue weighted by molar-refractivity contribution is 6.02. The molecule has 0 bridgehead atoms. The predicted molar refractivity (Wildman–Crippen MR) is 114 cm³/mol. The normalized spacial score (nSPS) is 22.4. The molecule has 6 rings (SSSR count). The SMILES string of the molecule is O=C1CC(c2ccc3c(c2)OCO3)N1C1(C(=O)Nc2ccc3c(c2)OCO3)CCCCC1. The van der Waals surface area contributed by atoms with Gasteiger partial charge in [-0.2, -0.15) is 0 Å². The number of rotatable bonds is 4. The summed E-state index contributed by atoms with van der Waals surface area (Å²) in [5, 5.41) is 3.05. The molecule has 3 heterocycles. The highest BCUT2D eigenvalue weighted by Gasteiger charge is 2.55. The van der Waals surface area contributed by atoms with Gasteiger partial charge in [-0.05, 0) is 42.7 Å². The number of nitrogens with zero attached hydrogens (tertiary/aromatic N) is 1. The quantitative estimate of drug-likeness (QED) is 0.735. The summed E-state index contributed by atoms with van der Waals surface area (Å²) in [6.07, 6.45) is 4.57. The van der Waals surface area contributed by atoms with Crippen LogP contribution >= 0.6 is 0 Å². The molecule has 0 aromatic heterocycles. The van der Waals surface area contributed by atoms with Gasteiger partial charge in [0.1, 0.15) is 5.54 Å². The molecule has 2 aromatic carbocycles. The van der Waals surface area contributed by atoms with Gasteiger partial charge in [0.2, 0.25) is 25.4 Å². The topological polar surface area (TPSA) is 86.3 Å². The minimum absolute atomic E-state index is 0.00963. The molecule has 8 heteroatoms. The molecule has 0 spiro atoms. The number of likely N-dealkylation sites (tertiary alicyclic amines) is 1. The molecular weight excluding hydrogens is 412 g/mol. The lowest BCUT2D eigenvalue weighted by Crippen LogP contribution is -2.65. The number of carbonyl (C=O) groups excluding carboxylic acids is 2.